The molecule has 0 bridgehead atoms. The molecule has 3 atom stereocenters. The van der Waals surface area contributed by atoms with Gasteiger partial charge in [-0.05, 0) is 27.2 Å². The third kappa shape index (κ3) is 14.3. The molecule has 0 aliphatic rings. The molecule has 0 aliphatic heterocycles. The Kier molecular flexibility index (Phi) is 13.5. The second-order valence-corrected chi connectivity index (χ2v) is 5.54. The average Bonchev–Trinajstić information content (AvgIpc) is 2.47. The van der Waals surface area contributed by atoms with Crippen LogP contribution in [0.1, 0.15) is 47.0 Å². The lowest BCUT2D eigenvalue weighted by molar-refractivity contribution is -0.139. The van der Waals surface area contributed by atoms with Crippen LogP contribution in [0.4, 0.5) is 0 Å². The van der Waals surface area contributed by atoms with E-state index in [1.54, 1.807) is 0 Å². The summed E-state index contributed by atoms with van der Waals surface area (Å²) in [6, 6.07) is 0. The smallest absolute Gasteiger partial charge is 0.305 e. The average molecular weight is 320 g/mol. The van der Waals surface area contributed by atoms with E-state index in [0.29, 0.717) is 19.8 Å². The third-order valence-corrected chi connectivity index (χ3v) is 2.94. The molecule has 0 saturated heterocycles. The van der Waals surface area contributed by atoms with Gasteiger partial charge in [-0.3, -0.25) is 4.79 Å². The quantitative estimate of drug-likeness (QED) is 0.467. The van der Waals surface area contributed by atoms with Crippen LogP contribution in [0.3, 0.4) is 0 Å². The van der Waals surface area contributed by atoms with Crippen molar-refractivity contribution in [3.05, 3.63) is 0 Å². The van der Waals surface area contributed by atoms with Gasteiger partial charge in [-0.1, -0.05) is 13.3 Å². The Hall–Kier alpha value is -0.690. The highest BCUT2D eigenvalue weighted by molar-refractivity contribution is 5.66. The van der Waals surface area contributed by atoms with Crippen LogP contribution >= 0.6 is 0 Å². The molecule has 0 rings (SSSR count). The van der Waals surface area contributed by atoms with Crippen molar-refractivity contribution in [1.82, 2.24) is 0 Å². The fourth-order valence-electron chi connectivity index (χ4n) is 1.59. The monoisotopic (exact) mass is 320 g/mol. The number of hydrogen-bond donors (Lipinski definition) is 1. The molecule has 0 spiro atoms. The molecule has 0 fully saturated rings. The van der Waals surface area contributed by atoms with Crippen molar-refractivity contribution in [3.8, 4) is 0 Å². The lowest BCUT2D eigenvalue weighted by Crippen LogP contribution is -2.27. The molecule has 6 heteroatoms. The summed E-state index contributed by atoms with van der Waals surface area (Å²) in [5, 5.41) is 8.52. The molecule has 0 heterocycles. The minimum atomic E-state index is -0.856. The molecule has 0 amide bonds. The first-order valence-corrected chi connectivity index (χ1v) is 8.10. The number of carboxylic acid groups (broad SMARTS) is 1. The minimum Gasteiger partial charge on any atom is -0.481 e. The predicted octanol–water partition coefficient (Wildman–Crippen LogP) is 2.49. The van der Waals surface area contributed by atoms with Crippen molar-refractivity contribution in [2.45, 2.75) is 65.3 Å². The second kappa shape index (κ2) is 13.9. The Bertz CT molecular complexity index is 271. The predicted molar refractivity (Wildman–Crippen MR) is 84.2 cm³/mol. The first kappa shape index (κ1) is 21.3. The summed E-state index contributed by atoms with van der Waals surface area (Å²) in [4.78, 5) is 10.4. The molecule has 0 aliphatic carbocycles. The highest BCUT2D eigenvalue weighted by atomic mass is 16.6. The SMILES string of the molecule is CCCCOCC(C)OCC(C)OCC(C)OCCC(=O)O. The summed E-state index contributed by atoms with van der Waals surface area (Å²) >= 11 is 0. The Morgan fingerprint density at radius 2 is 1.45 bits per heavy atom. The van der Waals surface area contributed by atoms with Crippen LogP contribution in [0.5, 0.6) is 0 Å². The number of ether oxygens (including phenoxy) is 4. The summed E-state index contributed by atoms with van der Waals surface area (Å²) in [6.45, 7) is 10.4. The minimum absolute atomic E-state index is 0.0125. The zero-order valence-electron chi connectivity index (χ0n) is 14.4. The molecule has 0 aromatic heterocycles. The van der Waals surface area contributed by atoms with E-state index in [1.165, 1.54) is 0 Å². The molecule has 1 N–H and O–H groups in total. The van der Waals surface area contributed by atoms with E-state index >= 15 is 0 Å². The van der Waals surface area contributed by atoms with Gasteiger partial charge >= 0.3 is 5.97 Å². The van der Waals surface area contributed by atoms with Crippen LogP contribution in [0.15, 0.2) is 0 Å². The zero-order chi connectivity index (χ0) is 16.8. The van der Waals surface area contributed by atoms with Crippen LogP contribution in [-0.4, -0.2) is 62.4 Å². The van der Waals surface area contributed by atoms with Crippen LogP contribution in [-0.2, 0) is 23.7 Å². The lowest BCUT2D eigenvalue weighted by Gasteiger charge is -2.20. The van der Waals surface area contributed by atoms with E-state index in [-0.39, 0.29) is 31.3 Å². The van der Waals surface area contributed by atoms with Gasteiger partial charge < -0.3 is 24.1 Å². The van der Waals surface area contributed by atoms with Crippen LogP contribution in [0.2, 0.25) is 0 Å². The van der Waals surface area contributed by atoms with Gasteiger partial charge in [0, 0.05) is 6.61 Å². The third-order valence-electron chi connectivity index (χ3n) is 2.94. The molecular weight excluding hydrogens is 288 g/mol. The van der Waals surface area contributed by atoms with Gasteiger partial charge in [-0.2, -0.15) is 0 Å². The molecule has 3 unspecified atom stereocenters. The molecule has 0 saturated carbocycles. The molecule has 6 nitrogen and oxygen atoms in total. The Morgan fingerprint density at radius 3 is 2.00 bits per heavy atom. The van der Waals surface area contributed by atoms with Gasteiger partial charge in [-0.15, -0.1) is 0 Å². The zero-order valence-corrected chi connectivity index (χ0v) is 14.4. The number of rotatable bonds is 15. The van der Waals surface area contributed by atoms with E-state index in [2.05, 4.69) is 6.92 Å². The molecule has 0 radical (unpaired) electrons. The van der Waals surface area contributed by atoms with Gasteiger partial charge in [0.15, 0.2) is 0 Å². The number of hydrogen-bond acceptors (Lipinski definition) is 5. The maximum Gasteiger partial charge on any atom is 0.305 e. The van der Waals surface area contributed by atoms with Crippen molar-refractivity contribution in [1.29, 1.82) is 0 Å². The van der Waals surface area contributed by atoms with E-state index < -0.39 is 5.97 Å². The Balaban J connectivity index is 3.55. The molecule has 0 aromatic rings. The summed E-state index contributed by atoms with van der Waals surface area (Å²) in [7, 11) is 0. The lowest BCUT2D eigenvalue weighted by atomic mass is 10.3. The van der Waals surface area contributed by atoms with Crippen molar-refractivity contribution in [2.75, 3.05) is 33.0 Å². The number of aliphatic carboxylic acids is 1. The summed E-state index contributed by atoms with van der Waals surface area (Å²) < 4.78 is 22.1. The van der Waals surface area contributed by atoms with Crippen molar-refractivity contribution in [3.63, 3.8) is 0 Å². The van der Waals surface area contributed by atoms with Gasteiger partial charge in [-0.25, -0.2) is 0 Å². The standard InChI is InChI=1S/C16H32O6/c1-5-6-8-19-10-13(2)21-12-15(4)22-11-14(3)20-9-7-16(17)18/h13-15H,5-12H2,1-4H3,(H,17,18). The number of carbonyl (C=O) groups is 1. The largest absolute Gasteiger partial charge is 0.481 e. The molecule has 22 heavy (non-hydrogen) atoms. The normalized spacial score (nSPS) is 15.5. The first-order valence-electron chi connectivity index (χ1n) is 8.10. The summed E-state index contributed by atoms with van der Waals surface area (Å²) in [5.41, 5.74) is 0. The van der Waals surface area contributed by atoms with Crippen LogP contribution in [0.25, 0.3) is 0 Å². The summed E-state index contributed by atoms with van der Waals surface area (Å²) in [5.74, 6) is -0.856. The van der Waals surface area contributed by atoms with Crippen molar-refractivity contribution >= 4 is 5.97 Å². The van der Waals surface area contributed by atoms with Crippen molar-refractivity contribution in [2.24, 2.45) is 0 Å². The number of carboxylic acids is 1. The molecule has 132 valence electrons. The highest BCUT2D eigenvalue weighted by Crippen LogP contribution is 2.01. The van der Waals surface area contributed by atoms with E-state index in [0.717, 1.165) is 19.4 Å². The Morgan fingerprint density at radius 1 is 0.909 bits per heavy atom. The Labute approximate surface area is 134 Å². The number of unbranched alkanes of at least 4 members (excludes halogenated alkanes) is 1. The fraction of sp³-hybridized carbons (Fsp3) is 0.938. The van der Waals surface area contributed by atoms with Gasteiger partial charge in [0.2, 0.25) is 0 Å². The van der Waals surface area contributed by atoms with Gasteiger partial charge in [0.25, 0.3) is 0 Å². The van der Waals surface area contributed by atoms with E-state index in [1.807, 2.05) is 20.8 Å². The van der Waals surface area contributed by atoms with Gasteiger partial charge in [0.1, 0.15) is 0 Å². The second-order valence-electron chi connectivity index (χ2n) is 5.54. The topological polar surface area (TPSA) is 74.2 Å². The summed E-state index contributed by atoms with van der Waals surface area (Å²) in [6.07, 6.45) is 2.10. The maximum absolute atomic E-state index is 10.4. The van der Waals surface area contributed by atoms with Gasteiger partial charge in [0.05, 0.1) is 51.2 Å². The molecular formula is C16H32O6. The van der Waals surface area contributed by atoms with Crippen LogP contribution < -0.4 is 0 Å². The highest BCUT2D eigenvalue weighted by Gasteiger charge is 2.10. The fourth-order valence-corrected chi connectivity index (χ4v) is 1.59. The van der Waals surface area contributed by atoms with Crippen molar-refractivity contribution < 1.29 is 28.8 Å². The van der Waals surface area contributed by atoms with Crippen LogP contribution in [0, 0.1) is 0 Å². The van der Waals surface area contributed by atoms with E-state index in [9.17, 15) is 4.79 Å². The molecule has 0 aromatic carbocycles. The first-order chi connectivity index (χ1) is 10.5. The maximum atomic E-state index is 10.4. The van der Waals surface area contributed by atoms with E-state index in [4.69, 9.17) is 24.1 Å².